The van der Waals surface area contributed by atoms with Crippen LogP contribution in [-0.2, 0) is 26.6 Å². The zero-order chi connectivity index (χ0) is 29.1. The largest absolute Gasteiger partial charge is 0.322 e. The number of aryl methyl sites for hydroxylation is 3. The van der Waals surface area contributed by atoms with Crippen LogP contribution >= 0.6 is 0 Å². The third kappa shape index (κ3) is 7.01. The van der Waals surface area contributed by atoms with E-state index in [2.05, 4.69) is 20.0 Å². The Morgan fingerprint density at radius 3 is 2.00 bits per heavy atom. The van der Waals surface area contributed by atoms with Gasteiger partial charge in [-0.05, 0) is 86.5 Å². The Labute approximate surface area is 234 Å². The van der Waals surface area contributed by atoms with E-state index in [1.807, 2.05) is 31.2 Å². The standard InChI is InChI=1S/C28H29N5O5S2/c1-19-7-5-6-8-23(19)18-33(39(4,35)36)25-13-9-22(10-14-25)27(34)31-24-11-15-26(16-12-24)40(37,38)32-28-29-20(2)17-21(3)30-28/h5-17H,18H2,1-4H3,(H,31,34)(H,29,30,32). The molecular formula is C28H29N5O5S2. The Hall–Kier alpha value is -4.29. The van der Waals surface area contributed by atoms with Crippen molar-refractivity contribution in [3.05, 3.63) is 107 Å². The molecule has 4 aromatic rings. The first-order valence-electron chi connectivity index (χ1n) is 12.2. The molecule has 0 unspecified atom stereocenters. The summed E-state index contributed by atoms with van der Waals surface area (Å²) in [5.74, 6) is -0.458. The minimum Gasteiger partial charge on any atom is -0.322 e. The van der Waals surface area contributed by atoms with E-state index < -0.39 is 26.0 Å². The normalized spacial score (nSPS) is 11.6. The van der Waals surface area contributed by atoms with Gasteiger partial charge >= 0.3 is 0 Å². The molecule has 40 heavy (non-hydrogen) atoms. The zero-order valence-corrected chi connectivity index (χ0v) is 24.0. The summed E-state index contributed by atoms with van der Waals surface area (Å²) in [6, 6.07) is 21.1. The van der Waals surface area contributed by atoms with Gasteiger partial charge in [-0.3, -0.25) is 9.10 Å². The second-order valence-corrected chi connectivity index (χ2v) is 12.9. The molecule has 0 atom stereocenters. The highest BCUT2D eigenvalue weighted by Crippen LogP contribution is 2.23. The number of rotatable bonds is 9. The van der Waals surface area contributed by atoms with E-state index in [9.17, 15) is 21.6 Å². The first-order chi connectivity index (χ1) is 18.8. The molecule has 12 heteroatoms. The number of amides is 1. The Morgan fingerprint density at radius 1 is 0.825 bits per heavy atom. The summed E-state index contributed by atoms with van der Waals surface area (Å²) in [5, 5.41) is 2.72. The lowest BCUT2D eigenvalue weighted by Gasteiger charge is -2.23. The van der Waals surface area contributed by atoms with E-state index in [1.165, 1.54) is 40.7 Å². The number of hydrogen-bond donors (Lipinski definition) is 2. The lowest BCUT2D eigenvalue weighted by Crippen LogP contribution is -2.29. The molecule has 208 valence electrons. The van der Waals surface area contributed by atoms with Crippen LogP contribution in [0.15, 0.2) is 83.8 Å². The molecule has 0 bridgehead atoms. The number of hydrogen-bond acceptors (Lipinski definition) is 7. The van der Waals surface area contributed by atoms with Gasteiger partial charge in [-0.1, -0.05) is 24.3 Å². The first kappa shape index (κ1) is 28.7. The van der Waals surface area contributed by atoms with Crippen LogP contribution in [0.4, 0.5) is 17.3 Å². The van der Waals surface area contributed by atoms with Gasteiger partial charge in [-0.2, -0.15) is 0 Å². The van der Waals surface area contributed by atoms with Crippen LogP contribution in [0.25, 0.3) is 0 Å². The highest BCUT2D eigenvalue weighted by Gasteiger charge is 2.20. The number of sulfonamides is 2. The van der Waals surface area contributed by atoms with Crippen molar-refractivity contribution in [1.82, 2.24) is 9.97 Å². The van der Waals surface area contributed by atoms with Crippen molar-refractivity contribution in [3.8, 4) is 0 Å². The molecule has 0 aliphatic heterocycles. The van der Waals surface area contributed by atoms with Crippen molar-refractivity contribution in [2.24, 2.45) is 0 Å². The predicted octanol–water partition coefficient (Wildman–Crippen LogP) is 4.42. The van der Waals surface area contributed by atoms with Crippen molar-refractivity contribution >= 4 is 43.3 Å². The van der Waals surface area contributed by atoms with Crippen molar-refractivity contribution in [2.75, 3.05) is 20.6 Å². The first-order valence-corrected chi connectivity index (χ1v) is 15.5. The van der Waals surface area contributed by atoms with Crippen LogP contribution in [-0.4, -0.2) is 39.0 Å². The zero-order valence-electron chi connectivity index (χ0n) is 22.4. The van der Waals surface area contributed by atoms with E-state index in [1.54, 1.807) is 32.0 Å². The highest BCUT2D eigenvalue weighted by atomic mass is 32.2. The van der Waals surface area contributed by atoms with Gasteiger partial charge < -0.3 is 5.32 Å². The number of anilines is 3. The predicted molar refractivity (Wildman–Crippen MR) is 155 cm³/mol. The SMILES string of the molecule is Cc1cc(C)nc(NS(=O)(=O)c2ccc(NC(=O)c3ccc(N(Cc4ccccc4C)S(C)(=O)=O)cc3)cc2)n1. The van der Waals surface area contributed by atoms with Gasteiger partial charge in [-0.15, -0.1) is 0 Å². The Morgan fingerprint density at radius 2 is 1.43 bits per heavy atom. The summed E-state index contributed by atoms with van der Waals surface area (Å²) in [4.78, 5) is 21.0. The van der Waals surface area contributed by atoms with Crippen molar-refractivity contribution in [1.29, 1.82) is 0 Å². The summed E-state index contributed by atoms with van der Waals surface area (Å²) < 4.78 is 54.2. The maximum Gasteiger partial charge on any atom is 0.264 e. The summed E-state index contributed by atoms with van der Waals surface area (Å²) >= 11 is 0. The van der Waals surface area contributed by atoms with Crippen molar-refractivity contribution < 1.29 is 21.6 Å². The molecule has 2 N–H and O–H groups in total. The molecule has 1 amide bonds. The maximum absolute atomic E-state index is 12.8. The molecule has 0 spiro atoms. The van der Waals surface area contributed by atoms with Gasteiger partial charge in [0, 0.05) is 22.6 Å². The summed E-state index contributed by atoms with van der Waals surface area (Å²) in [7, 11) is -7.52. The number of nitrogens with zero attached hydrogens (tertiary/aromatic N) is 3. The van der Waals surface area contributed by atoms with Crippen molar-refractivity contribution in [2.45, 2.75) is 32.2 Å². The molecule has 0 fully saturated rings. The molecule has 4 rings (SSSR count). The number of nitrogens with one attached hydrogen (secondary N) is 2. The molecule has 0 saturated heterocycles. The molecule has 0 saturated carbocycles. The van der Waals surface area contributed by atoms with E-state index in [4.69, 9.17) is 0 Å². The molecule has 0 aliphatic carbocycles. The summed E-state index contributed by atoms with van der Waals surface area (Å²) in [6.45, 7) is 5.56. The van der Waals surface area contributed by atoms with Gasteiger partial charge in [0.1, 0.15) is 0 Å². The topological polar surface area (TPSA) is 138 Å². The van der Waals surface area contributed by atoms with Crippen molar-refractivity contribution in [3.63, 3.8) is 0 Å². The van der Waals surface area contributed by atoms with Gasteiger partial charge in [-0.25, -0.2) is 31.5 Å². The van der Waals surface area contributed by atoms with E-state index >= 15 is 0 Å². The lowest BCUT2D eigenvalue weighted by atomic mass is 10.1. The number of carbonyl (C=O) groups excluding carboxylic acids is 1. The average Bonchev–Trinajstić information content (AvgIpc) is 2.87. The Kier molecular flexibility index (Phi) is 8.21. The lowest BCUT2D eigenvalue weighted by molar-refractivity contribution is 0.102. The molecule has 0 radical (unpaired) electrons. The van der Waals surface area contributed by atoms with Crippen LogP contribution in [0.1, 0.15) is 32.9 Å². The minimum absolute atomic E-state index is 0.0212. The fraction of sp³-hybridized carbons (Fsp3) is 0.179. The third-order valence-corrected chi connectivity index (χ3v) is 8.51. The summed E-state index contributed by atoms with van der Waals surface area (Å²) in [6.07, 6.45) is 1.14. The third-order valence-electron chi connectivity index (χ3n) is 6.02. The molecule has 0 aliphatic rings. The minimum atomic E-state index is -3.94. The number of carbonyl (C=O) groups is 1. The Bertz CT molecular complexity index is 1740. The maximum atomic E-state index is 12.8. The second-order valence-electron chi connectivity index (χ2n) is 9.30. The quantitative estimate of drug-likeness (QED) is 0.299. The molecule has 1 aromatic heterocycles. The van der Waals surface area contributed by atoms with E-state index in [-0.39, 0.29) is 17.4 Å². The van der Waals surface area contributed by atoms with Gasteiger partial charge in [0.2, 0.25) is 16.0 Å². The molecular weight excluding hydrogens is 550 g/mol. The smallest absolute Gasteiger partial charge is 0.264 e. The van der Waals surface area contributed by atoms with Crippen LogP contribution < -0.4 is 14.3 Å². The van der Waals surface area contributed by atoms with Gasteiger partial charge in [0.05, 0.1) is 23.4 Å². The van der Waals surface area contributed by atoms with Crippen LogP contribution in [0, 0.1) is 20.8 Å². The van der Waals surface area contributed by atoms with Crippen LogP contribution in [0.3, 0.4) is 0 Å². The number of benzene rings is 3. The van der Waals surface area contributed by atoms with Crippen LogP contribution in [0.5, 0.6) is 0 Å². The fourth-order valence-electron chi connectivity index (χ4n) is 3.99. The molecule has 3 aromatic carbocycles. The van der Waals surface area contributed by atoms with E-state index in [0.717, 1.165) is 17.4 Å². The molecule has 10 nitrogen and oxygen atoms in total. The van der Waals surface area contributed by atoms with Gasteiger partial charge in [0.15, 0.2) is 0 Å². The van der Waals surface area contributed by atoms with Crippen LogP contribution in [0.2, 0.25) is 0 Å². The Balaban J connectivity index is 1.46. The highest BCUT2D eigenvalue weighted by molar-refractivity contribution is 7.92. The monoisotopic (exact) mass is 579 g/mol. The average molecular weight is 580 g/mol. The molecule has 1 heterocycles. The number of aromatic nitrogens is 2. The fourth-order valence-corrected chi connectivity index (χ4v) is 5.81. The summed E-state index contributed by atoms with van der Waals surface area (Å²) in [5.41, 5.74) is 4.22. The second kappa shape index (κ2) is 11.4. The van der Waals surface area contributed by atoms with Gasteiger partial charge in [0.25, 0.3) is 15.9 Å². The van der Waals surface area contributed by atoms with E-state index in [0.29, 0.717) is 28.3 Å².